The largest absolute Gasteiger partial charge is 0.454 e. The van der Waals surface area contributed by atoms with Gasteiger partial charge < -0.3 is 25.4 Å². The molecule has 0 saturated heterocycles. The number of nitrogens with zero attached hydrogens (tertiary/aromatic N) is 2. The van der Waals surface area contributed by atoms with Gasteiger partial charge in [-0.2, -0.15) is 0 Å². The molecule has 0 saturated carbocycles. The molecule has 1 aromatic heterocycles. The summed E-state index contributed by atoms with van der Waals surface area (Å²) in [5, 5.41) is 8.57. The Bertz CT molecular complexity index is 1070. The van der Waals surface area contributed by atoms with E-state index in [1.165, 1.54) is 13.3 Å². The van der Waals surface area contributed by atoms with Crippen LogP contribution in [0.3, 0.4) is 0 Å². The van der Waals surface area contributed by atoms with E-state index in [-0.39, 0.29) is 24.3 Å². The first kappa shape index (κ1) is 18.2. The zero-order chi connectivity index (χ0) is 20.2. The molecule has 1 aliphatic rings. The number of nitrogens with one attached hydrogen (secondary N) is 3. The summed E-state index contributed by atoms with van der Waals surface area (Å²) in [6, 6.07) is 13.8. The van der Waals surface area contributed by atoms with Crippen LogP contribution in [0.25, 0.3) is 0 Å². The van der Waals surface area contributed by atoms with Crippen molar-refractivity contribution in [2.24, 2.45) is 0 Å². The van der Waals surface area contributed by atoms with Gasteiger partial charge in [-0.1, -0.05) is 0 Å². The molecule has 9 nitrogen and oxygen atoms in total. The summed E-state index contributed by atoms with van der Waals surface area (Å²) >= 11 is 0. The highest BCUT2D eigenvalue weighted by atomic mass is 16.7. The molecule has 3 aromatic rings. The van der Waals surface area contributed by atoms with E-state index in [4.69, 9.17) is 9.47 Å². The smallest absolute Gasteiger partial charge is 0.274 e. The minimum Gasteiger partial charge on any atom is -0.454 e. The molecular weight excluding hydrogens is 374 g/mol. The maximum Gasteiger partial charge on any atom is 0.274 e. The van der Waals surface area contributed by atoms with E-state index in [1.807, 2.05) is 0 Å². The highest BCUT2D eigenvalue weighted by molar-refractivity contribution is 6.03. The number of rotatable bonds is 5. The van der Waals surface area contributed by atoms with Crippen molar-refractivity contribution >= 4 is 34.7 Å². The zero-order valence-electron chi connectivity index (χ0n) is 15.4. The first-order valence-electron chi connectivity index (χ1n) is 8.74. The average Bonchev–Trinajstić information content (AvgIpc) is 3.17. The number of aromatic nitrogens is 2. The molecule has 4 rings (SSSR count). The van der Waals surface area contributed by atoms with Gasteiger partial charge in [-0.25, -0.2) is 9.97 Å². The van der Waals surface area contributed by atoms with Crippen molar-refractivity contribution in [2.75, 3.05) is 22.7 Å². The van der Waals surface area contributed by atoms with Crippen LogP contribution in [0.5, 0.6) is 11.5 Å². The summed E-state index contributed by atoms with van der Waals surface area (Å²) in [4.78, 5) is 31.8. The van der Waals surface area contributed by atoms with E-state index in [2.05, 4.69) is 25.9 Å². The number of anilines is 4. The van der Waals surface area contributed by atoms with Gasteiger partial charge in [0.2, 0.25) is 12.7 Å². The first-order valence-corrected chi connectivity index (χ1v) is 8.74. The number of fused-ring (bicyclic) bond motifs is 1. The molecule has 3 N–H and O–H groups in total. The third kappa shape index (κ3) is 4.41. The van der Waals surface area contributed by atoms with Crippen LogP contribution in [-0.4, -0.2) is 28.6 Å². The van der Waals surface area contributed by atoms with E-state index in [1.54, 1.807) is 48.5 Å². The summed E-state index contributed by atoms with van der Waals surface area (Å²) in [5.41, 5.74) is 2.21. The van der Waals surface area contributed by atoms with Crippen molar-refractivity contribution in [3.63, 3.8) is 0 Å². The van der Waals surface area contributed by atoms with E-state index in [9.17, 15) is 9.59 Å². The lowest BCUT2D eigenvalue weighted by molar-refractivity contribution is -0.114. The number of hydrogen-bond donors (Lipinski definition) is 3. The first-order chi connectivity index (χ1) is 14.1. The minimum atomic E-state index is -0.379. The van der Waals surface area contributed by atoms with E-state index < -0.39 is 0 Å². The predicted molar refractivity (Wildman–Crippen MR) is 107 cm³/mol. The fourth-order valence-electron chi connectivity index (χ4n) is 2.71. The molecule has 0 unspecified atom stereocenters. The summed E-state index contributed by atoms with van der Waals surface area (Å²) in [6.07, 6.45) is 1.31. The van der Waals surface area contributed by atoms with Crippen molar-refractivity contribution in [3.05, 3.63) is 60.6 Å². The molecule has 1 aliphatic heterocycles. The second-order valence-corrected chi connectivity index (χ2v) is 6.19. The molecular formula is C20H17N5O4. The normalized spacial score (nSPS) is 11.6. The monoisotopic (exact) mass is 391 g/mol. The SMILES string of the molecule is CC(=O)Nc1ccc(Nc2cc(C(=O)Nc3ccc4c(c3)OCO4)ncn2)cc1. The van der Waals surface area contributed by atoms with Crippen LogP contribution in [0.2, 0.25) is 0 Å². The number of amides is 2. The summed E-state index contributed by atoms with van der Waals surface area (Å²) in [7, 11) is 0. The summed E-state index contributed by atoms with van der Waals surface area (Å²) in [6.45, 7) is 1.61. The number of benzene rings is 2. The number of ether oxygens (including phenoxy) is 2. The molecule has 0 radical (unpaired) electrons. The quantitative estimate of drug-likeness (QED) is 0.612. The second-order valence-electron chi connectivity index (χ2n) is 6.19. The molecule has 0 aliphatic carbocycles. The fraction of sp³-hybridized carbons (Fsp3) is 0.100. The van der Waals surface area contributed by atoms with E-state index >= 15 is 0 Å². The Balaban J connectivity index is 1.44. The Hall–Kier alpha value is -4.14. The van der Waals surface area contributed by atoms with Gasteiger partial charge in [0.1, 0.15) is 17.8 Å². The van der Waals surface area contributed by atoms with Crippen LogP contribution in [0, 0.1) is 0 Å². The van der Waals surface area contributed by atoms with Gasteiger partial charge >= 0.3 is 0 Å². The molecule has 2 aromatic carbocycles. The molecule has 9 heteroatoms. The van der Waals surface area contributed by atoms with Crippen LogP contribution in [0.4, 0.5) is 22.9 Å². The van der Waals surface area contributed by atoms with Crippen LogP contribution < -0.4 is 25.4 Å². The Morgan fingerprint density at radius 3 is 2.38 bits per heavy atom. The Morgan fingerprint density at radius 2 is 1.59 bits per heavy atom. The van der Waals surface area contributed by atoms with Gasteiger partial charge in [-0.05, 0) is 36.4 Å². The Kier molecular flexibility index (Phi) is 4.93. The summed E-state index contributed by atoms with van der Waals surface area (Å²) in [5.74, 6) is 1.16. The van der Waals surface area contributed by atoms with Crippen molar-refractivity contribution in [1.29, 1.82) is 0 Å². The molecule has 0 atom stereocenters. The predicted octanol–water partition coefficient (Wildman–Crippen LogP) is 3.16. The van der Waals surface area contributed by atoms with Crippen LogP contribution in [0.15, 0.2) is 54.9 Å². The number of carbonyl (C=O) groups is 2. The summed E-state index contributed by atoms with van der Waals surface area (Å²) < 4.78 is 10.6. The van der Waals surface area contributed by atoms with Crippen molar-refractivity contribution in [1.82, 2.24) is 9.97 Å². The van der Waals surface area contributed by atoms with Gasteiger partial charge in [-0.3, -0.25) is 9.59 Å². The maximum atomic E-state index is 12.5. The van der Waals surface area contributed by atoms with Crippen LogP contribution >= 0.6 is 0 Å². The van der Waals surface area contributed by atoms with E-state index in [0.29, 0.717) is 28.7 Å². The Labute approximate surface area is 166 Å². The van der Waals surface area contributed by atoms with Gasteiger partial charge in [0.05, 0.1) is 0 Å². The van der Waals surface area contributed by atoms with Crippen molar-refractivity contribution in [2.45, 2.75) is 6.92 Å². The lowest BCUT2D eigenvalue weighted by Gasteiger charge is -2.09. The van der Waals surface area contributed by atoms with Crippen LogP contribution in [-0.2, 0) is 4.79 Å². The lowest BCUT2D eigenvalue weighted by atomic mass is 10.2. The molecule has 0 bridgehead atoms. The fourth-order valence-corrected chi connectivity index (χ4v) is 2.71. The van der Waals surface area contributed by atoms with Gasteiger partial charge in [0, 0.05) is 36.1 Å². The third-order valence-corrected chi connectivity index (χ3v) is 4.01. The third-order valence-electron chi connectivity index (χ3n) is 4.01. The minimum absolute atomic E-state index is 0.139. The Morgan fingerprint density at radius 1 is 0.862 bits per heavy atom. The van der Waals surface area contributed by atoms with Gasteiger partial charge in [0.25, 0.3) is 5.91 Å². The topological polar surface area (TPSA) is 114 Å². The van der Waals surface area contributed by atoms with Gasteiger partial charge in [0.15, 0.2) is 11.5 Å². The van der Waals surface area contributed by atoms with Gasteiger partial charge in [-0.15, -0.1) is 0 Å². The molecule has 29 heavy (non-hydrogen) atoms. The van der Waals surface area contributed by atoms with Crippen LogP contribution in [0.1, 0.15) is 17.4 Å². The molecule has 0 fully saturated rings. The van der Waals surface area contributed by atoms with Crippen molar-refractivity contribution in [3.8, 4) is 11.5 Å². The second kappa shape index (κ2) is 7.85. The molecule has 2 heterocycles. The highest BCUT2D eigenvalue weighted by Gasteiger charge is 2.15. The van der Waals surface area contributed by atoms with Crippen molar-refractivity contribution < 1.29 is 19.1 Å². The number of hydrogen-bond acceptors (Lipinski definition) is 7. The highest BCUT2D eigenvalue weighted by Crippen LogP contribution is 2.34. The van der Waals surface area contributed by atoms with E-state index in [0.717, 1.165) is 5.69 Å². The molecule has 146 valence electrons. The zero-order valence-corrected chi connectivity index (χ0v) is 15.4. The lowest BCUT2D eigenvalue weighted by Crippen LogP contribution is -2.14. The maximum absolute atomic E-state index is 12.5. The molecule has 0 spiro atoms. The molecule has 2 amide bonds. The average molecular weight is 391 g/mol. The standard InChI is InChI=1S/C20H17N5O4/c1-12(26)23-13-2-4-14(5-3-13)24-19-9-16(21-10-22-19)20(27)25-15-6-7-17-18(8-15)29-11-28-17/h2-10H,11H2,1H3,(H,23,26)(H,25,27)(H,21,22,24). The number of carbonyl (C=O) groups excluding carboxylic acids is 2.